The number of aromatic nitrogens is 2. The van der Waals surface area contributed by atoms with Crippen LogP contribution in [0.4, 0.5) is 0 Å². The van der Waals surface area contributed by atoms with E-state index in [1.807, 2.05) is 36.4 Å². The van der Waals surface area contributed by atoms with Crippen molar-refractivity contribution in [3.63, 3.8) is 0 Å². The van der Waals surface area contributed by atoms with E-state index in [2.05, 4.69) is 22.5 Å². The molecule has 2 aromatic carbocycles. The number of hydrogen-bond acceptors (Lipinski definition) is 3. The molecule has 0 saturated heterocycles. The molecule has 5 nitrogen and oxygen atoms in total. The summed E-state index contributed by atoms with van der Waals surface area (Å²) in [6, 6.07) is 17.7. The lowest BCUT2D eigenvalue weighted by molar-refractivity contribution is -0.121. The molecule has 5 heteroatoms. The van der Waals surface area contributed by atoms with Crippen LogP contribution in [0.25, 0.3) is 10.9 Å². The zero-order valence-electron chi connectivity index (χ0n) is 14.5. The summed E-state index contributed by atoms with van der Waals surface area (Å²) in [5, 5.41) is 7.87. The van der Waals surface area contributed by atoms with Gasteiger partial charge in [-0.15, -0.1) is 0 Å². The predicted octanol–water partition coefficient (Wildman–Crippen LogP) is 2.63. The number of rotatable bonds is 6. The summed E-state index contributed by atoms with van der Waals surface area (Å²) in [4.78, 5) is 24.2. The molecule has 0 radical (unpaired) electrons. The number of nitrogens with zero attached hydrogens (tertiary/aromatic N) is 2. The average Bonchev–Trinajstić information content (AvgIpc) is 3.48. The Morgan fingerprint density at radius 2 is 1.81 bits per heavy atom. The largest absolute Gasteiger partial charge is 0.355 e. The van der Waals surface area contributed by atoms with Crippen LogP contribution in [-0.4, -0.2) is 22.2 Å². The summed E-state index contributed by atoms with van der Waals surface area (Å²) < 4.78 is 1.72. The first-order valence-corrected chi connectivity index (χ1v) is 8.95. The van der Waals surface area contributed by atoms with Crippen molar-refractivity contribution in [2.24, 2.45) is 0 Å². The average molecular weight is 347 g/mol. The van der Waals surface area contributed by atoms with Crippen molar-refractivity contribution in [3.8, 4) is 0 Å². The topological polar surface area (TPSA) is 64.0 Å². The standard InChI is InChI=1S/C21H21N3O2/c25-19-14-23-24(18-9-5-4-8-17(18)19)13-10-20(26)22-15-21(11-12-21)16-6-2-1-3-7-16/h1-9,14H,10-13,15H2,(H,22,26). The maximum Gasteiger partial charge on any atom is 0.221 e. The fourth-order valence-electron chi connectivity index (χ4n) is 3.41. The number of benzene rings is 2. The molecule has 1 amide bonds. The van der Waals surface area contributed by atoms with E-state index in [4.69, 9.17) is 0 Å². The first kappa shape index (κ1) is 16.5. The number of nitrogens with one attached hydrogen (secondary N) is 1. The van der Waals surface area contributed by atoms with Crippen molar-refractivity contribution in [2.75, 3.05) is 6.54 Å². The SMILES string of the molecule is O=C(CCn1ncc(=O)c2ccccc21)NCC1(c2ccccc2)CC1. The fraction of sp³-hybridized carbons (Fsp3) is 0.286. The molecule has 0 spiro atoms. The number of aryl methyl sites for hydroxylation is 1. The summed E-state index contributed by atoms with van der Waals surface area (Å²) in [5.74, 6) is 0.0109. The van der Waals surface area contributed by atoms with Gasteiger partial charge in [-0.05, 0) is 30.5 Å². The van der Waals surface area contributed by atoms with Crippen LogP contribution < -0.4 is 10.7 Å². The molecular formula is C21H21N3O2. The van der Waals surface area contributed by atoms with E-state index in [9.17, 15) is 9.59 Å². The Morgan fingerprint density at radius 1 is 1.08 bits per heavy atom. The third-order valence-corrected chi connectivity index (χ3v) is 5.18. The number of carbonyl (C=O) groups is 1. The Kier molecular flexibility index (Phi) is 4.29. The fourth-order valence-corrected chi connectivity index (χ4v) is 3.41. The van der Waals surface area contributed by atoms with Gasteiger partial charge in [0, 0.05) is 23.8 Å². The number of fused-ring (bicyclic) bond motifs is 1. The molecule has 1 N–H and O–H groups in total. The summed E-state index contributed by atoms with van der Waals surface area (Å²) in [7, 11) is 0. The van der Waals surface area contributed by atoms with Gasteiger partial charge >= 0.3 is 0 Å². The zero-order valence-corrected chi connectivity index (χ0v) is 14.5. The van der Waals surface area contributed by atoms with E-state index in [1.54, 1.807) is 10.7 Å². The van der Waals surface area contributed by atoms with Crippen LogP contribution in [0.3, 0.4) is 0 Å². The van der Waals surface area contributed by atoms with Crippen LogP contribution in [0, 0.1) is 0 Å². The Bertz CT molecular complexity index is 991. The highest BCUT2D eigenvalue weighted by atomic mass is 16.1. The molecule has 1 heterocycles. The first-order chi connectivity index (χ1) is 12.7. The van der Waals surface area contributed by atoms with E-state index in [-0.39, 0.29) is 16.8 Å². The lowest BCUT2D eigenvalue weighted by atomic mass is 9.96. The third-order valence-electron chi connectivity index (χ3n) is 5.18. The van der Waals surface area contributed by atoms with Crippen LogP contribution in [0.1, 0.15) is 24.8 Å². The van der Waals surface area contributed by atoms with Gasteiger partial charge in [0.2, 0.25) is 11.3 Å². The zero-order chi connectivity index (χ0) is 18.0. The van der Waals surface area contributed by atoms with Crippen molar-refractivity contribution in [2.45, 2.75) is 31.2 Å². The number of hydrogen-bond donors (Lipinski definition) is 1. The molecular weight excluding hydrogens is 326 g/mol. The van der Waals surface area contributed by atoms with E-state index in [0.717, 1.165) is 18.4 Å². The number of carbonyl (C=O) groups excluding carboxylic acids is 1. The van der Waals surface area contributed by atoms with E-state index < -0.39 is 0 Å². The van der Waals surface area contributed by atoms with Gasteiger partial charge < -0.3 is 5.32 Å². The van der Waals surface area contributed by atoms with Crippen molar-refractivity contribution < 1.29 is 4.79 Å². The smallest absolute Gasteiger partial charge is 0.221 e. The first-order valence-electron chi connectivity index (χ1n) is 8.95. The Hall–Kier alpha value is -2.95. The summed E-state index contributed by atoms with van der Waals surface area (Å²) >= 11 is 0. The minimum atomic E-state index is -0.0974. The molecule has 0 atom stereocenters. The van der Waals surface area contributed by atoms with Crippen LogP contribution in [0.5, 0.6) is 0 Å². The quantitative estimate of drug-likeness (QED) is 0.745. The van der Waals surface area contributed by atoms with Gasteiger partial charge in [0.05, 0.1) is 18.3 Å². The molecule has 0 bridgehead atoms. The molecule has 4 rings (SSSR count). The summed E-state index contributed by atoms with van der Waals surface area (Å²) in [5.41, 5.74) is 2.07. The van der Waals surface area contributed by atoms with Gasteiger partial charge in [0.25, 0.3) is 0 Å². The summed E-state index contributed by atoms with van der Waals surface area (Å²) in [6.07, 6.45) is 3.88. The van der Waals surface area contributed by atoms with E-state index in [1.165, 1.54) is 11.8 Å². The van der Waals surface area contributed by atoms with E-state index in [0.29, 0.717) is 24.9 Å². The van der Waals surface area contributed by atoms with Gasteiger partial charge in [-0.1, -0.05) is 42.5 Å². The van der Waals surface area contributed by atoms with Crippen molar-refractivity contribution >= 4 is 16.8 Å². The Labute approximate surface area is 151 Å². The normalized spacial score (nSPS) is 14.9. The monoisotopic (exact) mass is 347 g/mol. The lowest BCUT2D eigenvalue weighted by Gasteiger charge is -2.17. The molecule has 132 valence electrons. The van der Waals surface area contributed by atoms with Crippen LogP contribution in [-0.2, 0) is 16.8 Å². The van der Waals surface area contributed by atoms with Gasteiger partial charge in [-0.2, -0.15) is 5.10 Å². The van der Waals surface area contributed by atoms with Gasteiger partial charge in [0.15, 0.2) is 0 Å². The minimum absolute atomic E-state index is 0.0109. The molecule has 1 fully saturated rings. The molecule has 0 unspecified atom stereocenters. The van der Waals surface area contributed by atoms with Crippen molar-refractivity contribution in [1.29, 1.82) is 0 Å². The molecule has 3 aromatic rings. The summed E-state index contributed by atoms with van der Waals surface area (Å²) in [6.45, 7) is 1.12. The second kappa shape index (κ2) is 6.75. The van der Waals surface area contributed by atoms with Crippen molar-refractivity contribution in [1.82, 2.24) is 15.1 Å². The molecule has 0 aliphatic heterocycles. The Balaban J connectivity index is 1.38. The number of amides is 1. The molecule has 1 saturated carbocycles. The van der Waals surface area contributed by atoms with Gasteiger partial charge in [-0.3, -0.25) is 14.3 Å². The predicted molar refractivity (Wildman–Crippen MR) is 101 cm³/mol. The molecule has 26 heavy (non-hydrogen) atoms. The second-order valence-electron chi connectivity index (χ2n) is 6.92. The highest BCUT2D eigenvalue weighted by molar-refractivity contribution is 5.79. The van der Waals surface area contributed by atoms with E-state index >= 15 is 0 Å². The Morgan fingerprint density at radius 3 is 2.58 bits per heavy atom. The minimum Gasteiger partial charge on any atom is -0.355 e. The van der Waals surface area contributed by atoms with Crippen molar-refractivity contribution in [3.05, 3.63) is 76.6 Å². The van der Waals surface area contributed by atoms with Crippen LogP contribution in [0.2, 0.25) is 0 Å². The molecule has 1 aliphatic carbocycles. The highest BCUT2D eigenvalue weighted by Gasteiger charge is 2.44. The maximum absolute atomic E-state index is 12.3. The molecule has 1 aliphatic rings. The van der Waals surface area contributed by atoms with Crippen LogP contribution >= 0.6 is 0 Å². The van der Waals surface area contributed by atoms with Crippen LogP contribution in [0.15, 0.2) is 65.6 Å². The molecule has 1 aromatic heterocycles. The second-order valence-corrected chi connectivity index (χ2v) is 6.92. The third kappa shape index (κ3) is 3.25. The highest BCUT2D eigenvalue weighted by Crippen LogP contribution is 2.47. The van der Waals surface area contributed by atoms with Gasteiger partial charge in [0.1, 0.15) is 0 Å². The lowest BCUT2D eigenvalue weighted by Crippen LogP contribution is -2.32. The number of para-hydroxylation sites is 1. The van der Waals surface area contributed by atoms with Gasteiger partial charge in [-0.25, -0.2) is 0 Å². The maximum atomic E-state index is 12.3.